The molecule has 0 saturated heterocycles. The minimum absolute atomic E-state index is 0.265. The van der Waals surface area contributed by atoms with Crippen molar-refractivity contribution in [3.63, 3.8) is 0 Å². The minimum atomic E-state index is -4.72. The predicted octanol–water partition coefficient (Wildman–Crippen LogP) is 4.20. The molecule has 2 aromatic carbocycles. The first kappa shape index (κ1) is 19.7. The van der Waals surface area contributed by atoms with E-state index in [0.717, 1.165) is 24.3 Å². The monoisotopic (exact) mass is 434 g/mol. The molecule has 0 bridgehead atoms. The number of hydrogen-bond donors (Lipinski definition) is 2. The van der Waals surface area contributed by atoms with E-state index in [1.165, 1.54) is 0 Å². The molecular formula is C22H18F4N2Ti. The number of rotatable bonds is 4. The van der Waals surface area contributed by atoms with Crippen molar-refractivity contribution in [3.8, 4) is 0 Å². The zero-order valence-corrected chi connectivity index (χ0v) is 16.9. The van der Waals surface area contributed by atoms with Crippen LogP contribution >= 0.6 is 0 Å². The van der Waals surface area contributed by atoms with Crippen LogP contribution in [0.1, 0.15) is 12.8 Å². The van der Waals surface area contributed by atoms with E-state index >= 15 is 17.6 Å². The summed E-state index contributed by atoms with van der Waals surface area (Å²) in [4.78, 5) is 0. The van der Waals surface area contributed by atoms with Crippen molar-refractivity contribution in [2.75, 3.05) is 11.5 Å². The van der Waals surface area contributed by atoms with Gasteiger partial charge in [0.25, 0.3) is 0 Å². The van der Waals surface area contributed by atoms with Gasteiger partial charge in [0.05, 0.1) is 0 Å². The normalized spacial score (nSPS) is 15.7. The Kier molecular flexibility index (Phi) is 5.01. The molecule has 148 valence electrons. The molecule has 0 radical (unpaired) electrons. The Morgan fingerprint density at radius 2 is 1.07 bits per heavy atom. The Labute approximate surface area is 169 Å². The van der Waals surface area contributed by atoms with E-state index in [2.05, 4.69) is 0 Å². The van der Waals surface area contributed by atoms with Gasteiger partial charge < -0.3 is 0 Å². The first-order chi connectivity index (χ1) is 13.9. The summed E-state index contributed by atoms with van der Waals surface area (Å²) >= 11 is -4.72. The Morgan fingerprint density at radius 3 is 1.41 bits per heavy atom. The first-order valence-corrected chi connectivity index (χ1v) is 12.2. The number of nitrogens with two attached hydrogens (primary N) is 2. The number of anilines is 2. The van der Waals surface area contributed by atoms with Gasteiger partial charge in [-0.05, 0) is 0 Å². The molecule has 4 N–H and O–H groups in total. The van der Waals surface area contributed by atoms with Crippen LogP contribution in [0.4, 0.5) is 28.9 Å². The van der Waals surface area contributed by atoms with Crippen LogP contribution in [-0.2, 0) is 16.6 Å². The molecule has 2 aromatic rings. The van der Waals surface area contributed by atoms with Gasteiger partial charge in [-0.25, -0.2) is 0 Å². The Balaban J connectivity index is 2.22. The van der Waals surface area contributed by atoms with E-state index < -0.39 is 39.9 Å². The zero-order chi connectivity index (χ0) is 20.8. The van der Waals surface area contributed by atoms with Gasteiger partial charge in [0.1, 0.15) is 0 Å². The molecule has 0 aliphatic heterocycles. The van der Waals surface area contributed by atoms with Gasteiger partial charge in [0.15, 0.2) is 0 Å². The number of benzene rings is 2. The summed E-state index contributed by atoms with van der Waals surface area (Å²) in [6.07, 6.45) is 11.2. The first-order valence-electron chi connectivity index (χ1n) is 9.09. The van der Waals surface area contributed by atoms with Crippen LogP contribution in [-0.4, -0.2) is 0 Å². The molecule has 2 aliphatic carbocycles. The van der Waals surface area contributed by atoms with Gasteiger partial charge in [-0.15, -0.1) is 0 Å². The van der Waals surface area contributed by atoms with Crippen molar-refractivity contribution < 1.29 is 34.2 Å². The molecule has 29 heavy (non-hydrogen) atoms. The Morgan fingerprint density at radius 1 is 0.655 bits per heavy atom. The summed E-state index contributed by atoms with van der Waals surface area (Å²) in [5.74, 6) is -3.66. The van der Waals surface area contributed by atoms with Gasteiger partial charge in [-0.2, -0.15) is 0 Å². The van der Waals surface area contributed by atoms with Crippen LogP contribution < -0.4 is 19.2 Å². The number of halogens is 4. The quantitative estimate of drug-likeness (QED) is 0.431. The SMILES string of the molecule is Nc1ccc(F)[c]([Ti]([C]2=CC=CC2)([C]2=CC=CC2)[c]2c(F)ccc(N)c2F)c1F. The molecule has 0 unspecified atom stereocenters. The molecule has 0 aromatic heterocycles. The van der Waals surface area contributed by atoms with Gasteiger partial charge in [-0.3, -0.25) is 0 Å². The zero-order valence-electron chi connectivity index (χ0n) is 15.4. The third-order valence-electron chi connectivity index (χ3n) is 5.50. The molecule has 0 fully saturated rings. The van der Waals surface area contributed by atoms with Crippen LogP contribution in [0.5, 0.6) is 0 Å². The van der Waals surface area contributed by atoms with E-state index in [-0.39, 0.29) is 19.1 Å². The number of allylic oxidation sites excluding steroid dienone is 8. The van der Waals surface area contributed by atoms with Crippen molar-refractivity contribution in [1.82, 2.24) is 0 Å². The van der Waals surface area contributed by atoms with Crippen LogP contribution in [0.25, 0.3) is 0 Å². The number of nitrogen functional groups attached to an aromatic ring is 2. The molecule has 0 heterocycles. The topological polar surface area (TPSA) is 52.0 Å². The van der Waals surface area contributed by atoms with E-state index in [9.17, 15) is 0 Å². The molecule has 4 rings (SSSR count). The molecule has 0 atom stereocenters. The van der Waals surface area contributed by atoms with Crippen molar-refractivity contribution in [3.05, 3.63) is 91.7 Å². The maximum absolute atomic E-state index is 15.4. The van der Waals surface area contributed by atoms with Crippen molar-refractivity contribution in [1.29, 1.82) is 0 Å². The van der Waals surface area contributed by atoms with E-state index in [4.69, 9.17) is 11.5 Å². The fourth-order valence-corrected chi connectivity index (χ4v) is 12.6. The molecule has 0 spiro atoms. The molecule has 0 amide bonds. The van der Waals surface area contributed by atoms with Gasteiger partial charge in [0.2, 0.25) is 0 Å². The molecule has 2 nitrogen and oxygen atoms in total. The van der Waals surface area contributed by atoms with Crippen LogP contribution in [0.3, 0.4) is 0 Å². The third kappa shape index (κ3) is 2.90. The summed E-state index contributed by atoms with van der Waals surface area (Å²) in [6, 6.07) is 4.36. The fourth-order valence-electron chi connectivity index (χ4n) is 4.25. The second-order valence-electron chi connectivity index (χ2n) is 7.05. The van der Waals surface area contributed by atoms with Crippen molar-refractivity contribution in [2.24, 2.45) is 0 Å². The molecule has 7 heteroatoms. The predicted molar refractivity (Wildman–Crippen MR) is 104 cm³/mol. The summed E-state index contributed by atoms with van der Waals surface area (Å²) in [6.45, 7) is 0. The molecule has 2 aliphatic rings. The van der Waals surface area contributed by atoms with Crippen molar-refractivity contribution in [2.45, 2.75) is 12.8 Å². The summed E-state index contributed by atoms with van der Waals surface area (Å²) in [7, 11) is 0. The number of hydrogen-bond acceptors (Lipinski definition) is 2. The van der Waals surface area contributed by atoms with Gasteiger partial charge >= 0.3 is 169 Å². The van der Waals surface area contributed by atoms with Crippen LogP contribution in [0.15, 0.2) is 68.5 Å². The molecule has 0 saturated carbocycles. The summed E-state index contributed by atoms with van der Waals surface area (Å²) in [5.41, 5.74) is 11.0. The van der Waals surface area contributed by atoms with E-state index in [0.29, 0.717) is 20.6 Å². The van der Waals surface area contributed by atoms with Crippen LogP contribution in [0, 0.1) is 23.3 Å². The summed E-state index contributed by atoms with van der Waals surface area (Å²) < 4.78 is 62.0. The maximum atomic E-state index is 15.4. The summed E-state index contributed by atoms with van der Waals surface area (Å²) in [5, 5.41) is 0. The average molecular weight is 434 g/mol. The third-order valence-corrected chi connectivity index (χ3v) is 13.4. The average Bonchev–Trinajstić information content (AvgIpc) is 3.41. The second kappa shape index (κ2) is 7.36. The van der Waals surface area contributed by atoms with Gasteiger partial charge in [0, 0.05) is 0 Å². The van der Waals surface area contributed by atoms with E-state index in [1.54, 1.807) is 24.3 Å². The molecular weight excluding hydrogens is 416 g/mol. The Bertz CT molecular complexity index is 1040. The Hall–Kier alpha value is -2.57. The van der Waals surface area contributed by atoms with E-state index in [1.807, 2.05) is 12.2 Å². The van der Waals surface area contributed by atoms with Crippen LogP contribution in [0.2, 0.25) is 0 Å². The van der Waals surface area contributed by atoms with Gasteiger partial charge in [-0.1, -0.05) is 0 Å². The second-order valence-corrected chi connectivity index (χ2v) is 13.0. The fraction of sp³-hybridized carbons (Fsp3) is 0.0909. The standard InChI is InChI=1S/2C6H4F2N.2C5H5.Ti/c2*7-4-1-2-6(9)5(8)3-4;2*1-2-4-5-3-1;/h2*1-2H,9H2;2*1-3H,4H2;. The van der Waals surface area contributed by atoms with Crippen molar-refractivity contribution >= 4 is 19.1 Å².